The maximum Gasteiger partial charge on any atom is 0.337 e. The number of nitrogens with one attached hydrogen (secondary N) is 1. The van der Waals surface area contributed by atoms with Crippen molar-refractivity contribution in [2.45, 2.75) is 5.22 Å². The average molecular weight is 370 g/mol. The molecule has 0 saturated carbocycles. The highest BCUT2D eigenvalue weighted by Crippen LogP contribution is 2.22. The van der Waals surface area contributed by atoms with E-state index in [2.05, 4.69) is 25.2 Å². The number of aromatic nitrogens is 3. The van der Waals surface area contributed by atoms with Crippen LogP contribution in [0.2, 0.25) is 0 Å². The Morgan fingerprint density at radius 2 is 1.85 bits per heavy atom. The fraction of sp³-hybridized carbons (Fsp3) is 0.118. The molecule has 9 heteroatoms. The van der Waals surface area contributed by atoms with E-state index in [9.17, 15) is 9.59 Å². The van der Waals surface area contributed by atoms with E-state index in [1.54, 1.807) is 48.8 Å². The third-order valence-corrected chi connectivity index (χ3v) is 4.07. The Labute approximate surface area is 153 Å². The molecular weight excluding hydrogens is 356 g/mol. The number of anilines is 1. The third-order valence-electron chi connectivity index (χ3n) is 3.25. The Morgan fingerprint density at radius 3 is 2.54 bits per heavy atom. The lowest BCUT2D eigenvalue weighted by molar-refractivity contribution is -0.113. The van der Waals surface area contributed by atoms with Gasteiger partial charge in [0, 0.05) is 23.6 Å². The van der Waals surface area contributed by atoms with Crippen LogP contribution in [0.3, 0.4) is 0 Å². The molecule has 132 valence electrons. The molecule has 0 aliphatic heterocycles. The van der Waals surface area contributed by atoms with E-state index in [1.165, 1.54) is 7.11 Å². The lowest BCUT2D eigenvalue weighted by Crippen LogP contribution is -2.14. The van der Waals surface area contributed by atoms with Gasteiger partial charge in [-0.15, -0.1) is 10.2 Å². The zero-order chi connectivity index (χ0) is 18.4. The number of hydrogen-bond donors (Lipinski definition) is 1. The Balaban J connectivity index is 1.53. The molecule has 0 radical (unpaired) electrons. The standard InChI is InChI=1S/C17H14N4O4S/c1-24-16(23)12-2-4-13(5-3-12)19-14(22)10-26-17-21-20-15(25-17)11-6-8-18-9-7-11/h2-9H,10H2,1H3,(H,19,22). The summed E-state index contributed by atoms with van der Waals surface area (Å²) >= 11 is 1.13. The Kier molecular flexibility index (Phi) is 5.59. The van der Waals surface area contributed by atoms with E-state index in [0.717, 1.165) is 17.3 Å². The van der Waals surface area contributed by atoms with Crippen LogP contribution < -0.4 is 5.32 Å². The van der Waals surface area contributed by atoms with Gasteiger partial charge in [-0.05, 0) is 36.4 Å². The summed E-state index contributed by atoms with van der Waals surface area (Å²) in [5, 5.41) is 10.9. The largest absolute Gasteiger partial charge is 0.465 e. The number of carbonyl (C=O) groups excluding carboxylic acids is 2. The number of esters is 1. The molecule has 3 aromatic rings. The van der Waals surface area contributed by atoms with E-state index >= 15 is 0 Å². The highest BCUT2D eigenvalue weighted by atomic mass is 32.2. The van der Waals surface area contributed by atoms with Crippen LogP contribution in [0, 0.1) is 0 Å². The zero-order valence-electron chi connectivity index (χ0n) is 13.7. The second-order valence-corrected chi connectivity index (χ2v) is 5.94. The van der Waals surface area contributed by atoms with Gasteiger partial charge in [-0.25, -0.2) is 4.79 Å². The van der Waals surface area contributed by atoms with E-state index in [-0.39, 0.29) is 11.7 Å². The van der Waals surface area contributed by atoms with E-state index in [1.807, 2.05) is 0 Å². The van der Waals surface area contributed by atoms with Crippen LogP contribution in [0.1, 0.15) is 10.4 Å². The summed E-state index contributed by atoms with van der Waals surface area (Å²) in [6, 6.07) is 9.92. The molecule has 1 N–H and O–H groups in total. The molecule has 0 unspecified atom stereocenters. The number of carbonyl (C=O) groups is 2. The molecule has 0 aliphatic rings. The molecule has 8 nitrogen and oxygen atoms in total. The normalized spacial score (nSPS) is 10.3. The molecule has 0 atom stereocenters. The Bertz CT molecular complexity index is 897. The molecule has 0 aliphatic carbocycles. The zero-order valence-corrected chi connectivity index (χ0v) is 14.5. The number of hydrogen-bond acceptors (Lipinski definition) is 8. The minimum absolute atomic E-state index is 0.108. The first-order valence-corrected chi connectivity index (χ1v) is 8.49. The minimum Gasteiger partial charge on any atom is -0.465 e. The topological polar surface area (TPSA) is 107 Å². The Hall–Kier alpha value is -3.20. The summed E-state index contributed by atoms with van der Waals surface area (Å²) in [7, 11) is 1.31. The van der Waals surface area contributed by atoms with Crippen molar-refractivity contribution >= 4 is 29.3 Å². The lowest BCUT2D eigenvalue weighted by atomic mass is 10.2. The number of nitrogens with zero attached hydrogens (tertiary/aromatic N) is 3. The fourth-order valence-electron chi connectivity index (χ4n) is 2.01. The summed E-state index contributed by atoms with van der Waals surface area (Å²) in [6.07, 6.45) is 3.26. The van der Waals surface area contributed by atoms with Gasteiger partial charge < -0.3 is 14.5 Å². The van der Waals surface area contributed by atoms with E-state index in [0.29, 0.717) is 22.4 Å². The molecule has 0 fully saturated rings. The number of methoxy groups -OCH3 is 1. The average Bonchev–Trinajstić information content (AvgIpc) is 3.16. The first kappa shape index (κ1) is 17.6. The number of thioether (sulfide) groups is 1. The molecule has 0 saturated heterocycles. The quantitative estimate of drug-likeness (QED) is 0.521. The Morgan fingerprint density at radius 1 is 1.12 bits per heavy atom. The van der Waals surface area contributed by atoms with Crippen molar-refractivity contribution in [3.05, 3.63) is 54.4 Å². The van der Waals surface area contributed by atoms with Crippen molar-refractivity contribution < 1.29 is 18.7 Å². The molecule has 3 rings (SSSR count). The van der Waals surface area contributed by atoms with Crippen molar-refractivity contribution in [1.29, 1.82) is 0 Å². The number of ether oxygens (including phenoxy) is 1. The SMILES string of the molecule is COC(=O)c1ccc(NC(=O)CSc2nnc(-c3ccncc3)o2)cc1. The maximum atomic E-state index is 12.0. The van der Waals surface area contributed by atoms with Gasteiger partial charge in [0.05, 0.1) is 18.4 Å². The second-order valence-electron chi connectivity index (χ2n) is 5.01. The highest BCUT2D eigenvalue weighted by molar-refractivity contribution is 7.99. The van der Waals surface area contributed by atoms with Crippen LogP contribution >= 0.6 is 11.8 Å². The van der Waals surface area contributed by atoms with Gasteiger partial charge in [-0.3, -0.25) is 9.78 Å². The van der Waals surface area contributed by atoms with Gasteiger partial charge in [-0.2, -0.15) is 0 Å². The van der Waals surface area contributed by atoms with Gasteiger partial charge >= 0.3 is 5.97 Å². The smallest absolute Gasteiger partial charge is 0.337 e. The van der Waals surface area contributed by atoms with Crippen molar-refractivity contribution in [3.63, 3.8) is 0 Å². The molecule has 2 heterocycles. The lowest BCUT2D eigenvalue weighted by Gasteiger charge is -2.05. The molecule has 1 aromatic carbocycles. The van der Waals surface area contributed by atoms with Gasteiger partial charge in [0.15, 0.2) is 0 Å². The second kappa shape index (κ2) is 8.26. The van der Waals surface area contributed by atoms with Crippen molar-refractivity contribution in [3.8, 4) is 11.5 Å². The van der Waals surface area contributed by atoms with Gasteiger partial charge in [0.1, 0.15) is 0 Å². The van der Waals surface area contributed by atoms with Crippen molar-refractivity contribution in [1.82, 2.24) is 15.2 Å². The number of amides is 1. The van der Waals surface area contributed by atoms with Gasteiger partial charge in [-0.1, -0.05) is 11.8 Å². The van der Waals surface area contributed by atoms with E-state index in [4.69, 9.17) is 4.42 Å². The monoisotopic (exact) mass is 370 g/mol. The number of benzene rings is 1. The van der Waals surface area contributed by atoms with Gasteiger partial charge in [0.2, 0.25) is 11.8 Å². The van der Waals surface area contributed by atoms with Crippen molar-refractivity contribution in [2.75, 3.05) is 18.2 Å². The number of rotatable bonds is 6. The third kappa shape index (κ3) is 4.45. The number of pyridine rings is 1. The van der Waals surface area contributed by atoms with E-state index < -0.39 is 5.97 Å². The minimum atomic E-state index is -0.431. The van der Waals surface area contributed by atoms with Crippen molar-refractivity contribution in [2.24, 2.45) is 0 Å². The molecule has 26 heavy (non-hydrogen) atoms. The van der Waals surface area contributed by atoms with Gasteiger partial charge in [0.25, 0.3) is 5.22 Å². The molecular formula is C17H14N4O4S. The summed E-state index contributed by atoms with van der Waals surface area (Å²) in [5.74, 6) is -0.186. The highest BCUT2D eigenvalue weighted by Gasteiger charge is 2.12. The molecule has 1 amide bonds. The molecule has 0 bridgehead atoms. The summed E-state index contributed by atoms with van der Waals surface area (Å²) in [5.41, 5.74) is 1.75. The van der Waals surface area contributed by atoms with Crippen LogP contribution in [0.4, 0.5) is 5.69 Å². The van der Waals surface area contributed by atoms with Crippen LogP contribution in [-0.2, 0) is 9.53 Å². The molecule has 2 aromatic heterocycles. The first-order chi connectivity index (χ1) is 12.7. The van der Waals surface area contributed by atoms with Crippen LogP contribution in [-0.4, -0.2) is 39.9 Å². The van der Waals surface area contributed by atoms with Crippen LogP contribution in [0.25, 0.3) is 11.5 Å². The summed E-state index contributed by atoms with van der Waals surface area (Å²) < 4.78 is 10.1. The summed E-state index contributed by atoms with van der Waals surface area (Å²) in [4.78, 5) is 27.3. The first-order valence-electron chi connectivity index (χ1n) is 7.50. The maximum absolute atomic E-state index is 12.0. The van der Waals surface area contributed by atoms with Crippen LogP contribution in [0.5, 0.6) is 0 Å². The summed E-state index contributed by atoms with van der Waals surface area (Å²) in [6.45, 7) is 0. The predicted octanol–water partition coefficient (Wildman–Crippen LogP) is 2.65. The van der Waals surface area contributed by atoms with Crippen LogP contribution in [0.15, 0.2) is 58.4 Å². The predicted molar refractivity (Wildman–Crippen MR) is 94.7 cm³/mol. The fourth-order valence-corrected chi connectivity index (χ4v) is 2.57. The molecule has 0 spiro atoms.